The second-order valence-electron chi connectivity index (χ2n) is 7.34. The maximum absolute atomic E-state index is 12.7. The summed E-state index contributed by atoms with van der Waals surface area (Å²) < 4.78 is 29.3. The maximum Gasteiger partial charge on any atom is 0.261 e. The third-order valence-corrected chi connectivity index (χ3v) is 6.38. The Kier molecular flexibility index (Phi) is 5.79. The first-order chi connectivity index (χ1) is 15.3. The van der Waals surface area contributed by atoms with Crippen molar-refractivity contribution < 1.29 is 13.2 Å². The fourth-order valence-electron chi connectivity index (χ4n) is 3.21. The molecule has 2 N–H and O–H groups in total. The Hall–Kier alpha value is -3.91. The van der Waals surface area contributed by atoms with Gasteiger partial charge in [0.05, 0.1) is 28.0 Å². The molecule has 0 radical (unpaired) electrons. The first-order valence-corrected chi connectivity index (χ1v) is 11.4. The molecule has 0 saturated heterocycles. The van der Waals surface area contributed by atoms with E-state index < -0.39 is 10.0 Å². The number of hydrogen-bond acceptors (Lipinski definition) is 4. The number of nitrogens with one attached hydrogen (secondary N) is 2. The number of carbonyl (C=O) groups is 1. The van der Waals surface area contributed by atoms with E-state index in [9.17, 15) is 13.2 Å². The molecule has 4 aromatic rings. The lowest BCUT2D eigenvalue weighted by atomic mass is 10.2. The Morgan fingerprint density at radius 1 is 0.844 bits per heavy atom. The second-order valence-corrected chi connectivity index (χ2v) is 9.02. The molecular formula is C24H22N4O3S. The van der Waals surface area contributed by atoms with Crippen LogP contribution in [0, 0.1) is 13.8 Å². The van der Waals surface area contributed by atoms with Crippen LogP contribution in [0.25, 0.3) is 5.69 Å². The fraction of sp³-hybridized carbons (Fsp3) is 0.0833. The van der Waals surface area contributed by atoms with Crippen LogP contribution in [-0.4, -0.2) is 24.1 Å². The van der Waals surface area contributed by atoms with Crippen LogP contribution >= 0.6 is 0 Å². The lowest BCUT2D eigenvalue weighted by Gasteiger charge is -2.10. The molecule has 0 bridgehead atoms. The van der Waals surface area contributed by atoms with Gasteiger partial charge in [-0.25, -0.2) is 13.1 Å². The second kappa shape index (κ2) is 8.68. The summed E-state index contributed by atoms with van der Waals surface area (Å²) in [7, 11) is -3.69. The summed E-state index contributed by atoms with van der Waals surface area (Å²) in [6.45, 7) is 3.73. The van der Waals surface area contributed by atoms with Gasteiger partial charge in [0.15, 0.2) is 0 Å². The fourth-order valence-corrected chi connectivity index (χ4v) is 4.27. The molecule has 1 aromatic heterocycles. The minimum Gasteiger partial charge on any atom is -0.322 e. The molecule has 1 amide bonds. The Morgan fingerprint density at radius 3 is 2.12 bits per heavy atom. The highest BCUT2D eigenvalue weighted by Crippen LogP contribution is 2.20. The Morgan fingerprint density at radius 2 is 1.47 bits per heavy atom. The van der Waals surface area contributed by atoms with E-state index in [1.165, 1.54) is 6.20 Å². The van der Waals surface area contributed by atoms with Crippen molar-refractivity contribution in [3.8, 4) is 5.69 Å². The molecule has 3 aromatic carbocycles. The van der Waals surface area contributed by atoms with Crippen molar-refractivity contribution in [1.29, 1.82) is 0 Å². The van der Waals surface area contributed by atoms with Crippen molar-refractivity contribution in [3.05, 3.63) is 102 Å². The Bertz CT molecular complexity index is 1340. The number of aryl methyl sites for hydroxylation is 1. The number of nitrogens with zero attached hydrogens (tertiary/aromatic N) is 2. The van der Waals surface area contributed by atoms with Crippen LogP contribution < -0.4 is 10.0 Å². The molecule has 0 atom stereocenters. The van der Waals surface area contributed by atoms with Crippen LogP contribution in [0.3, 0.4) is 0 Å². The van der Waals surface area contributed by atoms with Gasteiger partial charge in [0.1, 0.15) is 0 Å². The zero-order valence-corrected chi connectivity index (χ0v) is 18.4. The van der Waals surface area contributed by atoms with Crippen molar-refractivity contribution in [3.63, 3.8) is 0 Å². The van der Waals surface area contributed by atoms with Gasteiger partial charge in [0, 0.05) is 11.4 Å². The van der Waals surface area contributed by atoms with E-state index in [1.54, 1.807) is 53.2 Å². The summed E-state index contributed by atoms with van der Waals surface area (Å²) >= 11 is 0. The minimum absolute atomic E-state index is 0.186. The van der Waals surface area contributed by atoms with Crippen molar-refractivity contribution in [2.45, 2.75) is 18.7 Å². The van der Waals surface area contributed by atoms with Crippen LogP contribution in [0.4, 0.5) is 11.4 Å². The van der Waals surface area contributed by atoms with Crippen molar-refractivity contribution in [2.24, 2.45) is 0 Å². The number of sulfonamides is 1. The van der Waals surface area contributed by atoms with Crippen LogP contribution in [0.1, 0.15) is 21.6 Å². The van der Waals surface area contributed by atoms with Gasteiger partial charge in [-0.1, -0.05) is 35.9 Å². The topological polar surface area (TPSA) is 93.1 Å². The molecule has 7 nitrogen and oxygen atoms in total. The lowest BCUT2D eigenvalue weighted by molar-refractivity contribution is 0.102. The lowest BCUT2D eigenvalue weighted by Crippen LogP contribution is -2.14. The summed E-state index contributed by atoms with van der Waals surface area (Å²) in [5, 5.41) is 7.14. The third kappa shape index (κ3) is 4.55. The molecule has 0 aliphatic rings. The highest BCUT2D eigenvalue weighted by molar-refractivity contribution is 7.92. The van der Waals surface area contributed by atoms with Gasteiger partial charge in [0.2, 0.25) is 0 Å². The molecule has 0 fully saturated rings. The molecule has 0 aliphatic heterocycles. The first kappa shape index (κ1) is 21.3. The van der Waals surface area contributed by atoms with E-state index in [0.717, 1.165) is 16.9 Å². The summed E-state index contributed by atoms with van der Waals surface area (Å²) in [6.07, 6.45) is 1.53. The zero-order valence-electron chi connectivity index (χ0n) is 17.6. The van der Waals surface area contributed by atoms with Crippen LogP contribution in [0.2, 0.25) is 0 Å². The minimum atomic E-state index is -3.69. The number of amides is 1. The largest absolute Gasteiger partial charge is 0.322 e. The Balaban J connectivity index is 1.46. The summed E-state index contributed by atoms with van der Waals surface area (Å²) in [6, 6.07) is 22.7. The molecule has 0 aliphatic carbocycles. The number of hydrogen-bond donors (Lipinski definition) is 2. The van der Waals surface area contributed by atoms with E-state index in [1.807, 2.05) is 44.2 Å². The van der Waals surface area contributed by atoms with Gasteiger partial charge in [-0.2, -0.15) is 5.10 Å². The molecule has 162 valence electrons. The number of anilines is 2. The maximum atomic E-state index is 12.7. The van der Waals surface area contributed by atoms with Gasteiger partial charge >= 0.3 is 0 Å². The number of carbonyl (C=O) groups excluding carboxylic acids is 1. The Labute approximate surface area is 186 Å². The highest BCUT2D eigenvalue weighted by atomic mass is 32.2. The monoisotopic (exact) mass is 446 g/mol. The number of aromatic nitrogens is 2. The third-order valence-electron chi connectivity index (χ3n) is 4.98. The van der Waals surface area contributed by atoms with Crippen LogP contribution in [0.5, 0.6) is 0 Å². The summed E-state index contributed by atoms with van der Waals surface area (Å²) in [4.78, 5) is 12.9. The molecular weight excluding hydrogens is 424 g/mol. The van der Waals surface area contributed by atoms with Gasteiger partial charge in [-0.3, -0.25) is 9.52 Å². The molecule has 4 rings (SSSR count). The van der Waals surface area contributed by atoms with E-state index in [4.69, 9.17) is 0 Å². The molecule has 32 heavy (non-hydrogen) atoms. The van der Waals surface area contributed by atoms with E-state index in [-0.39, 0.29) is 10.8 Å². The van der Waals surface area contributed by atoms with Gasteiger partial charge < -0.3 is 5.32 Å². The standard InChI is InChI=1S/C24H22N4O3S/c1-17-8-14-22(15-9-17)32(30,31)27-20-12-10-19(11-13-20)26-24(29)23-16-25-28(18(23)2)21-6-4-3-5-7-21/h3-16,27H,1-2H3,(H,26,29). The molecule has 0 saturated carbocycles. The van der Waals surface area contributed by atoms with Crippen molar-refractivity contribution in [2.75, 3.05) is 10.0 Å². The molecule has 0 unspecified atom stereocenters. The number of benzene rings is 3. The zero-order chi connectivity index (χ0) is 22.7. The molecule has 8 heteroatoms. The van der Waals surface area contributed by atoms with E-state index in [2.05, 4.69) is 15.1 Å². The molecule has 0 spiro atoms. The smallest absolute Gasteiger partial charge is 0.261 e. The van der Waals surface area contributed by atoms with Crippen molar-refractivity contribution >= 4 is 27.3 Å². The van der Waals surface area contributed by atoms with Gasteiger partial charge in [0.25, 0.3) is 15.9 Å². The van der Waals surface area contributed by atoms with Gasteiger partial charge in [-0.05, 0) is 62.4 Å². The van der Waals surface area contributed by atoms with E-state index in [0.29, 0.717) is 16.9 Å². The highest BCUT2D eigenvalue weighted by Gasteiger charge is 2.16. The summed E-state index contributed by atoms with van der Waals surface area (Å²) in [5.74, 6) is -0.294. The summed E-state index contributed by atoms with van der Waals surface area (Å²) in [5.41, 5.74) is 3.97. The predicted molar refractivity (Wildman–Crippen MR) is 125 cm³/mol. The SMILES string of the molecule is Cc1ccc(S(=O)(=O)Nc2ccc(NC(=O)c3cnn(-c4ccccc4)c3C)cc2)cc1. The van der Waals surface area contributed by atoms with Crippen LogP contribution in [0.15, 0.2) is 90.0 Å². The first-order valence-electron chi connectivity index (χ1n) is 9.94. The number of para-hydroxylation sites is 1. The van der Waals surface area contributed by atoms with E-state index >= 15 is 0 Å². The van der Waals surface area contributed by atoms with Gasteiger partial charge in [-0.15, -0.1) is 0 Å². The predicted octanol–water partition coefficient (Wildman–Crippen LogP) is 4.54. The average molecular weight is 447 g/mol. The number of rotatable bonds is 6. The quantitative estimate of drug-likeness (QED) is 0.455. The molecule has 1 heterocycles. The van der Waals surface area contributed by atoms with Crippen molar-refractivity contribution in [1.82, 2.24) is 9.78 Å². The van der Waals surface area contributed by atoms with Crippen LogP contribution in [-0.2, 0) is 10.0 Å². The normalized spacial score (nSPS) is 11.2. The average Bonchev–Trinajstić information content (AvgIpc) is 3.17.